The first-order chi connectivity index (χ1) is 8.99. The first-order valence-corrected chi connectivity index (χ1v) is 6.86. The van der Waals surface area contributed by atoms with Crippen LogP contribution in [0, 0.1) is 5.92 Å². The van der Waals surface area contributed by atoms with Gasteiger partial charge in [-0.3, -0.25) is 0 Å². The molecule has 2 rings (SSSR count). The Morgan fingerprint density at radius 3 is 2.79 bits per heavy atom. The van der Waals surface area contributed by atoms with Crippen LogP contribution in [-0.2, 0) is 0 Å². The highest BCUT2D eigenvalue weighted by molar-refractivity contribution is 9.10. The molecule has 5 nitrogen and oxygen atoms in total. The van der Waals surface area contributed by atoms with Gasteiger partial charge in [0.2, 0.25) is 0 Å². The van der Waals surface area contributed by atoms with Gasteiger partial charge in [-0.15, -0.1) is 0 Å². The van der Waals surface area contributed by atoms with Crippen LogP contribution in [0.25, 0.3) is 0 Å². The van der Waals surface area contributed by atoms with E-state index in [0.717, 1.165) is 6.42 Å². The van der Waals surface area contributed by atoms with Crippen molar-refractivity contribution < 1.29 is 14.7 Å². The van der Waals surface area contributed by atoms with Crippen LogP contribution >= 0.6 is 15.9 Å². The van der Waals surface area contributed by atoms with Crippen LogP contribution < -0.4 is 5.32 Å². The number of nitrogens with zero attached hydrogens (tertiary/aromatic N) is 1. The highest BCUT2D eigenvalue weighted by Gasteiger charge is 2.24. The van der Waals surface area contributed by atoms with E-state index in [4.69, 9.17) is 5.11 Å². The van der Waals surface area contributed by atoms with Crippen molar-refractivity contribution in [3.05, 3.63) is 28.2 Å². The molecule has 0 bridgehead atoms. The van der Waals surface area contributed by atoms with Crippen LogP contribution in [-0.4, -0.2) is 35.1 Å². The number of likely N-dealkylation sites (tertiary alicyclic amines) is 1. The van der Waals surface area contributed by atoms with E-state index in [9.17, 15) is 9.59 Å². The number of aromatic carboxylic acids is 1. The average molecular weight is 327 g/mol. The monoisotopic (exact) mass is 326 g/mol. The third kappa shape index (κ3) is 3.07. The first kappa shape index (κ1) is 13.9. The molecule has 1 saturated heterocycles. The van der Waals surface area contributed by atoms with Crippen molar-refractivity contribution in [1.29, 1.82) is 0 Å². The van der Waals surface area contributed by atoms with Crippen LogP contribution in [0.1, 0.15) is 23.7 Å². The Morgan fingerprint density at radius 2 is 2.21 bits per heavy atom. The van der Waals surface area contributed by atoms with Crippen molar-refractivity contribution in [3.8, 4) is 0 Å². The molecule has 2 amide bonds. The number of benzene rings is 1. The number of anilines is 1. The Bertz CT molecular complexity index is 519. The third-order valence-corrected chi connectivity index (χ3v) is 3.85. The van der Waals surface area contributed by atoms with Crippen molar-refractivity contribution >= 4 is 33.6 Å². The minimum absolute atomic E-state index is 0.0787. The number of hydrogen-bond acceptors (Lipinski definition) is 2. The smallest absolute Gasteiger partial charge is 0.337 e. The summed E-state index contributed by atoms with van der Waals surface area (Å²) in [6.07, 6.45) is 0.981. The summed E-state index contributed by atoms with van der Waals surface area (Å²) in [5.41, 5.74) is 0.384. The summed E-state index contributed by atoms with van der Waals surface area (Å²) in [6.45, 7) is 3.51. The number of carbonyl (C=O) groups is 2. The van der Waals surface area contributed by atoms with Gasteiger partial charge in [0.05, 0.1) is 11.3 Å². The molecule has 0 aliphatic carbocycles. The third-order valence-electron chi connectivity index (χ3n) is 3.19. The van der Waals surface area contributed by atoms with Gasteiger partial charge in [-0.25, -0.2) is 9.59 Å². The quantitative estimate of drug-likeness (QED) is 0.877. The topological polar surface area (TPSA) is 69.6 Å². The molecule has 1 unspecified atom stereocenters. The lowest BCUT2D eigenvalue weighted by Gasteiger charge is -2.18. The van der Waals surface area contributed by atoms with E-state index in [1.165, 1.54) is 6.07 Å². The fraction of sp³-hybridized carbons (Fsp3) is 0.385. The van der Waals surface area contributed by atoms with Crippen LogP contribution in [0.2, 0.25) is 0 Å². The largest absolute Gasteiger partial charge is 0.478 e. The summed E-state index contributed by atoms with van der Waals surface area (Å²) in [4.78, 5) is 24.9. The SMILES string of the molecule is CC1CCN(C(=O)Nc2c(Br)cccc2C(=O)O)C1. The number of nitrogens with one attached hydrogen (secondary N) is 1. The van der Waals surface area contributed by atoms with Gasteiger partial charge in [-0.05, 0) is 40.4 Å². The maximum absolute atomic E-state index is 12.1. The molecule has 1 atom stereocenters. The second-order valence-electron chi connectivity index (χ2n) is 4.74. The van der Waals surface area contributed by atoms with Gasteiger partial charge < -0.3 is 15.3 Å². The maximum atomic E-state index is 12.1. The van der Waals surface area contributed by atoms with E-state index in [2.05, 4.69) is 28.2 Å². The molecule has 0 spiro atoms. The number of carboxylic acids is 1. The summed E-state index contributed by atoms with van der Waals surface area (Å²) in [7, 11) is 0. The lowest BCUT2D eigenvalue weighted by Crippen LogP contribution is -2.33. The zero-order chi connectivity index (χ0) is 14.0. The van der Waals surface area contributed by atoms with Gasteiger partial charge in [-0.2, -0.15) is 0 Å². The Labute approximate surface area is 119 Å². The molecule has 0 saturated carbocycles. The maximum Gasteiger partial charge on any atom is 0.337 e. The van der Waals surface area contributed by atoms with Crippen molar-refractivity contribution in [2.45, 2.75) is 13.3 Å². The minimum Gasteiger partial charge on any atom is -0.478 e. The van der Waals surface area contributed by atoms with Gasteiger partial charge in [0, 0.05) is 17.6 Å². The van der Waals surface area contributed by atoms with Crippen molar-refractivity contribution in [3.63, 3.8) is 0 Å². The zero-order valence-electron chi connectivity index (χ0n) is 10.5. The number of para-hydroxylation sites is 1. The highest BCUT2D eigenvalue weighted by Crippen LogP contribution is 2.27. The van der Waals surface area contributed by atoms with E-state index >= 15 is 0 Å². The van der Waals surface area contributed by atoms with Crippen LogP contribution in [0.3, 0.4) is 0 Å². The summed E-state index contributed by atoms with van der Waals surface area (Å²) in [5.74, 6) is -0.574. The van der Waals surface area contributed by atoms with Gasteiger partial charge >= 0.3 is 12.0 Å². The number of rotatable bonds is 2. The van der Waals surface area contributed by atoms with Crippen molar-refractivity contribution in [2.24, 2.45) is 5.92 Å². The summed E-state index contributed by atoms with van der Waals surface area (Å²) in [6, 6.07) is 4.55. The zero-order valence-corrected chi connectivity index (χ0v) is 12.1. The Morgan fingerprint density at radius 1 is 1.47 bits per heavy atom. The molecule has 1 heterocycles. The lowest BCUT2D eigenvalue weighted by atomic mass is 10.2. The molecule has 0 aromatic heterocycles. The van der Waals surface area contributed by atoms with Crippen molar-refractivity contribution in [2.75, 3.05) is 18.4 Å². The molecule has 2 N–H and O–H groups in total. The molecule has 1 aromatic carbocycles. The van der Waals surface area contributed by atoms with E-state index < -0.39 is 5.97 Å². The van der Waals surface area contributed by atoms with E-state index in [0.29, 0.717) is 29.2 Å². The first-order valence-electron chi connectivity index (χ1n) is 6.06. The highest BCUT2D eigenvalue weighted by atomic mass is 79.9. The fourth-order valence-corrected chi connectivity index (χ4v) is 2.60. The van der Waals surface area contributed by atoms with E-state index in [-0.39, 0.29) is 11.6 Å². The molecule has 6 heteroatoms. The van der Waals surface area contributed by atoms with E-state index in [1.54, 1.807) is 17.0 Å². The molecule has 0 radical (unpaired) electrons. The predicted molar refractivity (Wildman–Crippen MR) is 75.5 cm³/mol. The number of hydrogen-bond donors (Lipinski definition) is 2. The molecule has 19 heavy (non-hydrogen) atoms. The van der Waals surface area contributed by atoms with Gasteiger partial charge in [-0.1, -0.05) is 13.0 Å². The number of carbonyl (C=O) groups excluding carboxylic acids is 1. The standard InChI is InChI=1S/C13H15BrN2O3/c1-8-5-6-16(7-8)13(19)15-11-9(12(17)18)3-2-4-10(11)14/h2-4,8H,5-7H2,1H3,(H,15,19)(H,17,18). The minimum atomic E-state index is -1.06. The fourth-order valence-electron chi connectivity index (χ4n) is 2.13. The number of carboxylic acid groups (broad SMARTS) is 1. The van der Waals surface area contributed by atoms with Crippen molar-refractivity contribution in [1.82, 2.24) is 4.90 Å². The molecular formula is C13H15BrN2O3. The van der Waals surface area contributed by atoms with Crippen LogP contribution in [0.5, 0.6) is 0 Å². The molecule has 102 valence electrons. The number of urea groups is 1. The van der Waals surface area contributed by atoms with E-state index in [1.807, 2.05) is 0 Å². The summed E-state index contributed by atoms with van der Waals surface area (Å²) < 4.78 is 0.563. The van der Waals surface area contributed by atoms with Gasteiger partial charge in [0.1, 0.15) is 0 Å². The van der Waals surface area contributed by atoms with Gasteiger partial charge in [0.25, 0.3) is 0 Å². The average Bonchev–Trinajstić information content (AvgIpc) is 2.78. The molecular weight excluding hydrogens is 312 g/mol. The molecule has 1 aromatic rings. The lowest BCUT2D eigenvalue weighted by molar-refractivity contribution is 0.0698. The number of amides is 2. The summed E-state index contributed by atoms with van der Waals surface area (Å²) >= 11 is 3.27. The Hall–Kier alpha value is -1.56. The second kappa shape index (κ2) is 5.61. The second-order valence-corrected chi connectivity index (χ2v) is 5.59. The molecule has 1 aliphatic rings. The Balaban J connectivity index is 2.19. The predicted octanol–water partition coefficient (Wildman–Crippen LogP) is 3.02. The summed E-state index contributed by atoms with van der Waals surface area (Å²) in [5, 5.41) is 11.8. The normalized spacial score (nSPS) is 18.4. The van der Waals surface area contributed by atoms with Crippen LogP contribution in [0.15, 0.2) is 22.7 Å². The number of halogens is 1. The van der Waals surface area contributed by atoms with Gasteiger partial charge in [0.15, 0.2) is 0 Å². The molecule has 1 fully saturated rings. The molecule has 1 aliphatic heterocycles. The van der Waals surface area contributed by atoms with Crippen LogP contribution in [0.4, 0.5) is 10.5 Å². The Kier molecular flexibility index (Phi) is 4.09.